The molecule has 1 aliphatic heterocycles. The second-order valence-corrected chi connectivity index (χ2v) is 5.78. The van der Waals surface area contributed by atoms with E-state index in [1.165, 1.54) is 0 Å². The van der Waals surface area contributed by atoms with Crippen molar-refractivity contribution in [3.05, 3.63) is 30.2 Å². The number of nitrogens with zero attached hydrogens (tertiary/aromatic N) is 2. The first-order chi connectivity index (χ1) is 10.6. The first-order valence-electron chi connectivity index (χ1n) is 7.57. The van der Waals surface area contributed by atoms with Crippen molar-refractivity contribution in [1.82, 2.24) is 15.5 Å². The Morgan fingerprint density at radius 2 is 2.26 bits per heavy atom. The fourth-order valence-corrected chi connectivity index (χ4v) is 2.77. The smallest absolute Gasteiger partial charge is 0.227 e. The Morgan fingerprint density at radius 3 is 2.96 bits per heavy atom. The Kier molecular flexibility index (Phi) is 5.74. The van der Waals surface area contributed by atoms with Gasteiger partial charge in [0.05, 0.1) is 0 Å². The topological polar surface area (TPSA) is 80.0 Å². The number of aromatic nitrogens is 2. The van der Waals surface area contributed by atoms with Crippen LogP contribution in [0.15, 0.2) is 28.8 Å². The molecule has 0 saturated carbocycles. The van der Waals surface area contributed by atoms with Gasteiger partial charge in [-0.3, -0.25) is 4.79 Å². The highest BCUT2D eigenvalue weighted by Crippen LogP contribution is 2.22. The number of aryl methyl sites for hydroxylation is 1. The van der Waals surface area contributed by atoms with Crippen LogP contribution in [0.3, 0.4) is 0 Å². The van der Waals surface area contributed by atoms with Gasteiger partial charge in [0.1, 0.15) is 0 Å². The van der Waals surface area contributed by atoms with Gasteiger partial charge in [-0.05, 0) is 38.4 Å². The average Bonchev–Trinajstić information content (AvgIpc) is 2.94. The van der Waals surface area contributed by atoms with E-state index < -0.39 is 0 Å². The van der Waals surface area contributed by atoms with Crippen molar-refractivity contribution in [3.63, 3.8) is 0 Å². The largest absolute Gasteiger partial charge is 0.339 e. The van der Waals surface area contributed by atoms with Crippen molar-refractivity contribution in [1.29, 1.82) is 0 Å². The minimum absolute atomic E-state index is 0. The van der Waals surface area contributed by atoms with Gasteiger partial charge in [0.25, 0.3) is 0 Å². The van der Waals surface area contributed by atoms with Gasteiger partial charge in [-0.15, -0.1) is 12.4 Å². The predicted octanol–water partition coefficient (Wildman–Crippen LogP) is 2.79. The Bertz CT molecular complexity index is 674. The van der Waals surface area contributed by atoms with E-state index in [4.69, 9.17) is 4.52 Å². The van der Waals surface area contributed by atoms with Crippen molar-refractivity contribution in [2.75, 3.05) is 11.9 Å². The molecule has 0 spiro atoms. The van der Waals surface area contributed by atoms with Gasteiger partial charge in [0.15, 0.2) is 0 Å². The molecule has 2 N–H and O–H groups in total. The van der Waals surface area contributed by atoms with Crippen molar-refractivity contribution < 1.29 is 9.32 Å². The molecule has 0 radical (unpaired) electrons. The minimum atomic E-state index is 0. The zero-order chi connectivity index (χ0) is 15.5. The standard InChI is InChI=1S/C16H20N4O2.ClH/c1-10-8-13(6-7-17-10)16(21)19-14-5-3-4-12(9-14)15-18-11(2)22-20-15;/h3-5,9-10,13,17H,6-8H2,1-2H3,(H,19,21);1H/t10-,13-;/m0./s1. The van der Waals surface area contributed by atoms with E-state index in [0.717, 1.165) is 30.6 Å². The number of hydrogen-bond acceptors (Lipinski definition) is 5. The van der Waals surface area contributed by atoms with E-state index >= 15 is 0 Å². The third-order valence-corrected chi connectivity index (χ3v) is 3.91. The zero-order valence-corrected chi connectivity index (χ0v) is 14.0. The van der Waals surface area contributed by atoms with Crippen molar-refractivity contribution in [3.8, 4) is 11.4 Å². The van der Waals surface area contributed by atoms with E-state index in [-0.39, 0.29) is 24.2 Å². The summed E-state index contributed by atoms with van der Waals surface area (Å²) in [6.07, 6.45) is 1.75. The summed E-state index contributed by atoms with van der Waals surface area (Å²) in [5.74, 6) is 1.19. The van der Waals surface area contributed by atoms with Crippen LogP contribution in [0.25, 0.3) is 11.4 Å². The summed E-state index contributed by atoms with van der Waals surface area (Å²) in [7, 11) is 0. The van der Waals surface area contributed by atoms with Crippen LogP contribution in [0.2, 0.25) is 0 Å². The highest BCUT2D eigenvalue weighted by molar-refractivity contribution is 5.93. The number of carbonyl (C=O) groups excluding carboxylic acids is 1. The maximum Gasteiger partial charge on any atom is 0.227 e. The molecular formula is C16H21ClN4O2. The summed E-state index contributed by atoms with van der Waals surface area (Å²) in [6, 6.07) is 7.90. The van der Waals surface area contributed by atoms with Gasteiger partial charge in [-0.1, -0.05) is 17.3 Å². The molecule has 0 aliphatic carbocycles. The van der Waals surface area contributed by atoms with E-state index in [2.05, 4.69) is 27.7 Å². The van der Waals surface area contributed by atoms with E-state index in [0.29, 0.717) is 17.8 Å². The Labute approximate surface area is 141 Å². The van der Waals surface area contributed by atoms with Gasteiger partial charge in [0, 0.05) is 30.1 Å². The van der Waals surface area contributed by atoms with Crippen LogP contribution in [0, 0.1) is 12.8 Å². The zero-order valence-electron chi connectivity index (χ0n) is 13.2. The van der Waals surface area contributed by atoms with E-state index in [1.807, 2.05) is 24.3 Å². The fraction of sp³-hybridized carbons (Fsp3) is 0.438. The second-order valence-electron chi connectivity index (χ2n) is 5.78. The van der Waals surface area contributed by atoms with Crippen LogP contribution >= 0.6 is 12.4 Å². The Balaban J connectivity index is 0.00000192. The summed E-state index contributed by atoms with van der Waals surface area (Å²) in [6.45, 7) is 4.75. The van der Waals surface area contributed by atoms with Crippen LogP contribution in [0.1, 0.15) is 25.7 Å². The normalized spacial score (nSPS) is 20.6. The highest BCUT2D eigenvalue weighted by Gasteiger charge is 2.24. The second kappa shape index (κ2) is 7.57. The lowest BCUT2D eigenvalue weighted by atomic mass is 9.92. The summed E-state index contributed by atoms with van der Waals surface area (Å²) in [5, 5.41) is 10.3. The third-order valence-electron chi connectivity index (χ3n) is 3.91. The molecule has 2 heterocycles. The SMILES string of the molecule is Cc1nc(-c2cccc(NC(=O)[C@H]3CCN[C@@H](C)C3)c2)no1.Cl. The quantitative estimate of drug-likeness (QED) is 0.901. The number of nitrogens with one attached hydrogen (secondary N) is 2. The number of amides is 1. The number of rotatable bonds is 3. The summed E-state index contributed by atoms with van der Waals surface area (Å²) >= 11 is 0. The molecule has 1 aromatic heterocycles. The maximum atomic E-state index is 12.4. The molecule has 1 aliphatic rings. The van der Waals surface area contributed by atoms with Crippen molar-refractivity contribution >= 4 is 24.0 Å². The van der Waals surface area contributed by atoms with Crippen LogP contribution < -0.4 is 10.6 Å². The summed E-state index contributed by atoms with van der Waals surface area (Å²) in [5.41, 5.74) is 1.59. The lowest BCUT2D eigenvalue weighted by Crippen LogP contribution is -2.40. The van der Waals surface area contributed by atoms with Gasteiger partial charge in [-0.2, -0.15) is 4.98 Å². The average molecular weight is 337 g/mol. The van der Waals surface area contributed by atoms with Gasteiger partial charge < -0.3 is 15.2 Å². The molecule has 1 fully saturated rings. The first kappa shape index (κ1) is 17.4. The molecule has 0 unspecified atom stereocenters. The monoisotopic (exact) mass is 336 g/mol. The molecule has 2 aromatic rings. The molecular weight excluding hydrogens is 316 g/mol. The molecule has 124 valence electrons. The van der Waals surface area contributed by atoms with Crippen molar-refractivity contribution in [2.45, 2.75) is 32.7 Å². The molecule has 1 aromatic carbocycles. The molecule has 6 nitrogen and oxygen atoms in total. The van der Waals surface area contributed by atoms with Crippen LogP contribution in [-0.4, -0.2) is 28.6 Å². The Morgan fingerprint density at radius 1 is 1.43 bits per heavy atom. The number of halogens is 1. The third kappa shape index (κ3) is 4.30. The van der Waals surface area contributed by atoms with Gasteiger partial charge >= 0.3 is 0 Å². The maximum absolute atomic E-state index is 12.4. The van der Waals surface area contributed by atoms with E-state index in [9.17, 15) is 4.79 Å². The number of hydrogen-bond donors (Lipinski definition) is 2. The van der Waals surface area contributed by atoms with E-state index in [1.54, 1.807) is 6.92 Å². The van der Waals surface area contributed by atoms with Crippen LogP contribution in [-0.2, 0) is 4.79 Å². The molecule has 3 rings (SSSR count). The molecule has 1 amide bonds. The van der Waals surface area contributed by atoms with Crippen molar-refractivity contribution in [2.24, 2.45) is 5.92 Å². The number of carbonyl (C=O) groups is 1. The number of anilines is 1. The molecule has 2 atom stereocenters. The fourth-order valence-electron chi connectivity index (χ4n) is 2.77. The highest BCUT2D eigenvalue weighted by atomic mass is 35.5. The summed E-state index contributed by atoms with van der Waals surface area (Å²) < 4.78 is 4.99. The molecule has 23 heavy (non-hydrogen) atoms. The molecule has 1 saturated heterocycles. The first-order valence-corrected chi connectivity index (χ1v) is 7.57. The molecule has 0 bridgehead atoms. The van der Waals surface area contributed by atoms with Gasteiger partial charge in [0.2, 0.25) is 17.6 Å². The number of piperidine rings is 1. The lowest BCUT2D eigenvalue weighted by molar-refractivity contribution is -0.120. The predicted molar refractivity (Wildman–Crippen MR) is 90.5 cm³/mol. The minimum Gasteiger partial charge on any atom is -0.339 e. The summed E-state index contributed by atoms with van der Waals surface area (Å²) in [4.78, 5) is 16.6. The lowest BCUT2D eigenvalue weighted by Gasteiger charge is -2.27. The Hall–Kier alpha value is -1.92. The van der Waals surface area contributed by atoms with Crippen LogP contribution in [0.4, 0.5) is 5.69 Å². The molecule has 7 heteroatoms. The van der Waals surface area contributed by atoms with Crippen LogP contribution in [0.5, 0.6) is 0 Å². The van der Waals surface area contributed by atoms with Gasteiger partial charge in [-0.25, -0.2) is 0 Å². The number of benzene rings is 1.